The standard InChI is InChI=1S/C9H18OSi/c1-4-6-9(7-5-2)8(3)10-11/h4-5,8-9H,1-2,6-7H2,3,11H3. The molecule has 0 fully saturated rings. The van der Waals surface area contributed by atoms with E-state index in [2.05, 4.69) is 20.1 Å². The maximum Gasteiger partial charge on any atom is 0.146 e. The van der Waals surface area contributed by atoms with E-state index in [1.54, 1.807) is 0 Å². The summed E-state index contributed by atoms with van der Waals surface area (Å²) in [6.45, 7) is 9.56. The van der Waals surface area contributed by atoms with Crippen LogP contribution in [0.1, 0.15) is 19.8 Å². The predicted octanol–water partition coefficient (Wildman–Crippen LogP) is 1.44. The highest BCUT2D eigenvalue weighted by atomic mass is 28.2. The minimum absolute atomic E-state index is 0.359. The van der Waals surface area contributed by atoms with Crippen LogP contribution in [-0.4, -0.2) is 16.6 Å². The van der Waals surface area contributed by atoms with Crippen LogP contribution in [0.5, 0.6) is 0 Å². The summed E-state index contributed by atoms with van der Waals surface area (Å²) in [7, 11) is 0.816. The van der Waals surface area contributed by atoms with E-state index in [9.17, 15) is 0 Å². The average Bonchev–Trinajstić information content (AvgIpc) is 2.03. The Morgan fingerprint density at radius 2 is 1.82 bits per heavy atom. The molecule has 0 aromatic carbocycles. The molecule has 0 spiro atoms. The van der Waals surface area contributed by atoms with E-state index >= 15 is 0 Å². The molecule has 1 atom stereocenters. The molecule has 1 nitrogen and oxygen atoms in total. The first-order valence-corrected chi connectivity index (χ1v) is 4.82. The van der Waals surface area contributed by atoms with Crippen molar-refractivity contribution in [1.29, 1.82) is 0 Å². The highest BCUT2D eigenvalue weighted by Crippen LogP contribution is 2.16. The Morgan fingerprint density at radius 1 is 1.36 bits per heavy atom. The van der Waals surface area contributed by atoms with Crippen LogP contribution < -0.4 is 0 Å². The highest BCUT2D eigenvalue weighted by molar-refractivity contribution is 5.98. The van der Waals surface area contributed by atoms with E-state index < -0.39 is 0 Å². The number of rotatable bonds is 6. The molecule has 0 heterocycles. The maximum absolute atomic E-state index is 5.36. The van der Waals surface area contributed by atoms with E-state index in [1.165, 1.54) is 0 Å². The molecule has 0 N–H and O–H groups in total. The van der Waals surface area contributed by atoms with Crippen molar-refractivity contribution in [3.05, 3.63) is 25.3 Å². The second-order valence-electron chi connectivity index (χ2n) is 2.75. The van der Waals surface area contributed by atoms with E-state index in [4.69, 9.17) is 4.43 Å². The second-order valence-corrected chi connectivity index (χ2v) is 3.22. The Balaban J connectivity index is 3.84. The molecule has 0 aromatic rings. The zero-order chi connectivity index (χ0) is 8.69. The average molecular weight is 170 g/mol. The highest BCUT2D eigenvalue weighted by Gasteiger charge is 2.12. The minimum Gasteiger partial charge on any atom is -0.425 e. The molecule has 0 aliphatic carbocycles. The molecule has 0 bridgehead atoms. The molecule has 0 amide bonds. The van der Waals surface area contributed by atoms with Crippen LogP contribution in [0.2, 0.25) is 0 Å². The Hall–Kier alpha value is -0.343. The molecule has 11 heavy (non-hydrogen) atoms. The van der Waals surface area contributed by atoms with Crippen molar-refractivity contribution in [1.82, 2.24) is 0 Å². The Labute approximate surface area is 72.7 Å². The lowest BCUT2D eigenvalue weighted by atomic mass is 9.96. The van der Waals surface area contributed by atoms with Gasteiger partial charge in [-0.05, 0) is 25.7 Å². The molecule has 0 saturated carbocycles. The third-order valence-corrected chi connectivity index (χ3v) is 2.72. The normalized spacial score (nSPS) is 13.3. The van der Waals surface area contributed by atoms with Gasteiger partial charge in [0.1, 0.15) is 10.5 Å². The van der Waals surface area contributed by atoms with Gasteiger partial charge in [0.05, 0.1) is 0 Å². The smallest absolute Gasteiger partial charge is 0.146 e. The molecule has 0 aromatic heterocycles. The zero-order valence-corrected chi connectivity index (χ0v) is 9.55. The minimum atomic E-state index is 0.359. The third kappa shape index (κ3) is 4.17. The van der Waals surface area contributed by atoms with Crippen LogP contribution in [0.25, 0.3) is 0 Å². The molecular formula is C9H18OSi. The number of hydrogen-bond acceptors (Lipinski definition) is 1. The first-order valence-electron chi connectivity index (χ1n) is 4.00. The van der Waals surface area contributed by atoms with E-state index in [1.807, 2.05) is 12.2 Å². The van der Waals surface area contributed by atoms with Crippen LogP contribution >= 0.6 is 0 Å². The van der Waals surface area contributed by atoms with Gasteiger partial charge in [0.15, 0.2) is 0 Å². The van der Waals surface area contributed by atoms with Gasteiger partial charge in [-0.1, -0.05) is 12.2 Å². The van der Waals surface area contributed by atoms with Gasteiger partial charge in [-0.25, -0.2) is 0 Å². The van der Waals surface area contributed by atoms with Gasteiger partial charge in [-0.15, -0.1) is 13.2 Å². The van der Waals surface area contributed by atoms with Gasteiger partial charge in [-0.2, -0.15) is 0 Å². The zero-order valence-electron chi connectivity index (χ0n) is 7.55. The summed E-state index contributed by atoms with van der Waals surface area (Å²) in [6.07, 6.45) is 6.30. The fourth-order valence-corrected chi connectivity index (χ4v) is 1.49. The van der Waals surface area contributed by atoms with Crippen molar-refractivity contribution >= 4 is 10.5 Å². The van der Waals surface area contributed by atoms with Gasteiger partial charge >= 0.3 is 0 Å². The summed E-state index contributed by atoms with van der Waals surface area (Å²) in [5.41, 5.74) is 0. The lowest BCUT2D eigenvalue weighted by Gasteiger charge is -2.20. The molecule has 64 valence electrons. The van der Waals surface area contributed by atoms with Gasteiger partial charge in [0, 0.05) is 6.10 Å². The quantitative estimate of drug-likeness (QED) is 0.433. The second kappa shape index (κ2) is 6.37. The summed E-state index contributed by atoms with van der Waals surface area (Å²) in [6, 6.07) is 0. The third-order valence-electron chi connectivity index (χ3n) is 1.97. The summed E-state index contributed by atoms with van der Waals surface area (Å²) in [4.78, 5) is 0. The van der Waals surface area contributed by atoms with Crippen molar-refractivity contribution in [2.75, 3.05) is 0 Å². The van der Waals surface area contributed by atoms with E-state index in [0.29, 0.717) is 12.0 Å². The number of hydrogen-bond donors (Lipinski definition) is 0. The Morgan fingerprint density at radius 3 is 2.09 bits per heavy atom. The van der Waals surface area contributed by atoms with Crippen molar-refractivity contribution in [3.63, 3.8) is 0 Å². The van der Waals surface area contributed by atoms with Gasteiger partial charge < -0.3 is 4.43 Å². The molecule has 0 aliphatic rings. The van der Waals surface area contributed by atoms with Crippen molar-refractivity contribution in [2.45, 2.75) is 25.9 Å². The molecule has 0 rings (SSSR count). The monoisotopic (exact) mass is 170 g/mol. The lowest BCUT2D eigenvalue weighted by molar-refractivity contribution is 0.168. The summed E-state index contributed by atoms with van der Waals surface area (Å²) in [5.74, 6) is 0.572. The van der Waals surface area contributed by atoms with Gasteiger partial charge in [-0.3, -0.25) is 0 Å². The molecule has 0 saturated heterocycles. The first-order chi connectivity index (χ1) is 5.26. The van der Waals surface area contributed by atoms with Crippen LogP contribution in [0, 0.1) is 5.92 Å². The van der Waals surface area contributed by atoms with E-state index in [0.717, 1.165) is 23.3 Å². The van der Waals surface area contributed by atoms with Crippen LogP contribution in [0.15, 0.2) is 25.3 Å². The maximum atomic E-state index is 5.36. The van der Waals surface area contributed by atoms with Crippen molar-refractivity contribution in [2.24, 2.45) is 5.92 Å². The number of allylic oxidation sites excluding steroid dienone is 2. The van der Waals surface area contributed by atoms with Crippen LogP contribution in [-0.2, 0) is 4.43 Å². The van der Waals surface area contributed by atoms with Crippen LogP contribution in [0.3, 0.4) is 0 Å². The first kappa shape index (κ1) is 10.7. The summed E-state index contributed by atoms with van der Waals surface area (Å²) in [5, 5.41) is 0. The van der Waals surface area contributed by atoms with Gasteiger partial charge in [0.25, 0.3) is 0 Å². The topological polar surface area (TPSA) is 9.23 Å². The molecular weight excluding hydrogens is 152 g/mol. The van der Waals surface area contributed by atoms with Crippen molar-refractivity contribution < 1.29 is 4.43 Å². The summed E-state index contributed by atoms with van der Waals surface area (Å²) < 4.78 is 5.36. The Kier molecular flexibility index (Phi) is 6.17. The molecule has 0 aliphatic heterocycles. The fraction of sp³-hybridized carbons (Fsp3) is 0.556. The largest absolute Gasteiger partial charge is 0.425 e. The SMILES string of the molecule is C=CCC(CC=C)C(C)O[SiH3]. The van der Waals surface area contributed by atoms with E-state index in [-0.39, 0.29) is 0 Å². The molecule has 0 radical (unpaired) electrons. The molecule has 2 heteroatoms. The van der Waals surface area contributed by atoms with Gasteiger partial charge in [0.2, 0.25) is 0 Å². The Bertz CT molecular complexity index is 113. The van der Waals surface area contributed by atoms with Crippen LogP contribution in [0.4, 0.5) is 0 Å². The molecule has 1 unspecified atom stereocenters. The predicted molar refractivity (Wildman–Crippen MR) is 53.6 cm³/mol. The fourth-order valence-electron chi connectivity index (χ4n) is 1.10. The van der Waals surface area contributed by atoms with Crippen molar-refractivity contribution in [3.8, 4) is 0 Å². The lowest BCUT2D eigenvalue weighted by Crippen LogP contribution is -2.18. The summed E-state index contributed by atoms with van der Waals surface area (Å²) >= 11 is 0.